The molecule has 1 aliphatic heterocycles. The van der Waals surface area contributed by atoms with Gasteiger partial charge in [-0.1, -0.05) is 25.5 Å². The van der Waals surface area contributed by atoms with Crippen molar-refractivity contribution < 1.29 is 9.53 Å². The standard InChI is InChI=1S/C24H29N3O2S/c1-2-3-15-29-20-6-4-18(5-7-20)17-26-24(28)19-9-13-27(14-10-19)23-21-11-16-30-22(21)8-12-25-23/h4-8,11-12,16,19H,2-3,9-10,13-15,17H2,1H3,(H,26,28). The van der Waals surface area contributed by atoms with E-state index in [9.17, 15) is 4.79 Å². The first-order valence-electron chi connectivity index (χ1n) is 10.8. The molecule has 0 saturated carbocycles. The van der Waals surface area contributed by atoms with Gasteiger partial charge in [-0.25, -0.2) is 4.98 Å². The minimum Gasteiger partial charge on any atom is -0.494 e. The Kier molecular flexibility index (Phi) is 6.84. The van der Waals surface area contributed by atoms with E-state index in [-0.39, 0.29) is 11.8 Å². The fraction of sp³-hybridized carbons (Fsp3) is 0.417. The summed E-state index contributed by atoms with van der Waals surface area (Å²) in [5, 5.41) is 6.43. The van der Waals surface area contributed by atoms with Crippen molar-refractivity contribution in [2.45, 2.75) is 39.2 Å². The summed E-state index contributed by atoms with van der Waals surface area (Å²) in [6.45, 7) is 5.19. The molecule has 30 heavy (non-hydrogen) atoms. The number of aromatic nitrogens is 1. The van der Waals surface area contributed by atoms with E-state index in [0.717, 1.165) is 62.5 Å². The van der Waals surface area contributed by atoms with E-state index < -0.39 is 0 Å². The van der Waals surface area contributed by atoms with Gasteiger partial charge in [0.15, 0.2) is 0 Å². The van der Waals surface area contributed by atoms with Gasteiger partial charge in [-0.3, -0.25) is 4.79 Å². The molecule has 0 atom stereocenters. The van der Waals surface area contributed by atoms with E-state index >= 15 is 0 Å². The number of carbonyl (C=O) groups is 1. The molecule has 0 radical (unpaired) electrons. The van der Waals surface area contributed by atoms with Crippen LogP contribution in [0.5, 0.6) is 5.75 Å². The van der Waals surface area contributed by atoms with E-state index in [1.807, 2.05) is 30.5 Å². The Morgan fingerprint density at radius 2 is 2.00 bits per heavy atom. The highest BCUT2D eigenvalue weighted by atomic mass is 32.1. The molecule has 4 rings (SSSR count). The Balaban J connectivity index is 1.25. The van der Waals surface area contributed by atoms with Crippen molar-refractivity contribution in [2.75, 3.05) is 24.6 Å². The maximum Gasteiger partial charge on any atom is 0.223 e. The fourth-order valence-corrected chi connectivity index (χ4v) is 4.63. The summed E-state index contributed by atoms with van der Waals surface area (Å²) in [6, 6.07) is 12.2. The SMILES string of the molecule is CCCCOc1ccc(CNC(=O)C2CCN(c3nccc4sccc34)CC2)cc1. The van der Waals surface area contributed by atoms with Crippen LogP contribution in [0.25, 0.3) is 10.1 Å². The van der Waals surface area contributed by atoms with Crippen LogP contribution in [0.15, 0.2) is 48.0 Å². The summed E-state index contributed by atoms with van der Waals surface area (Å²) >= 11 is 1.74. The number of nitrogens with one attached hydrogen (secondary N) is 1. The number of hydrogen-bond acceptors (Lipinski definition) is 5. The maximum absolute atomic E-state index is 12.7. The Morgan fingerprint density at radius 1 is 1.20 bits per heavy atom. The average molecular weight is 424 g/mol. The minimum absolute atomic E-state index is 0.0691. The van der Waals surface area contributed by atoms with E-state index in [0.29, 0.717) is 6.54 Å². The molecule has 3 aromatic rings. The van der Waals surface area contributed by atoms with Crippen LogP contribution in [0.1, 0.15) is 38.2 Å². The first-order chi connectivity index (χ1) is 14.7. The number of unbranched alkanes of at least 4 members (excludes halogenated alkanes) is 1. The van der Waals surface area contributed by atoms with E-state index in [2.05, 4.69) is 39.6 Å². The fourth-order valence-electron chi connectivity index (χ4n) is 3.86. The Morgan fingerprint density at radius 3 is 2.77 bits per heavy atom. The zero-order valence-electron chi connectivity index (χ0n) is 17.5. The number of ether oxygens (including phenoxy) is 1. The van der Waals surface area contributed by atoms with Crippen LogP contribution in [0, 0.1) is 5.92 Å². The second-order valence-electron chi connectivity index (χ2n) is 7.79. The monoisotopic (exact) mass is 423 g/mol. The lowest BCUT2D eigenvalue weighted by Crippen LogP contribution is -2.40. The van der Waals surface area contributed by atoms with Gasteiger partial charge in [-0.2, -0.15) is 0 Å². The van der Waals surface area contributed by atoms with Crippen molar-refractivity contribution in [2.24, 2.45) is 5.92 Å². The van der Waals surface area contributed by atoms with Crippen molar-refractivity contribution in [3.8, 4) is 5.75 Å². The van der Waals surface area contributed by atoms with Gasteiger partial charge in [0.25, 0.3) is 0 Å². The second kappa shape index (κ2) is 9.94. The van der Waals surface area contributed by atoms with Gasteiger partial charge in [-0.15, -0.1) is 11.3 Å². The molecule has 1 fully saturated rings. The van der Waals surface area contributed by atoms with Crippen molar-refractivity contribution in [3.05, 3.63) is 53.5 Å². The Labute approximate surface area is 182 Å². The van der Waals surface area contributed by atoms with E-state index in [1.165, 1.54) is 10.1 Å². The topological polar surface area (TPSA) is 54.5 Å². The summed E-state index contributed by atoms with van der Waals surface area (Å²) < 4.78 is 6.96. The molecule has 1 saturated heterocycles. The highest BCUT2D eigenvalue weighted by Crippen LogP contribution is 2.31. The molecule has 0 aliphatic carbocycles. The van der Waals surface area contributed by atoms with Crippen LogP contribution in [0.4, 0.5) is 5.82 Å². The second-order valence-corrected chi connectivity index (χ2v) is 8.74. The number of fused-ring (bicyclic) bond motifs is 1. The Bertz CT molecular complexity index is 962. The van der Waals surface area contributed by atoms with Crippen LogP contribution in [0.3, 0.4) is 0 Å². The molecule has 2 aromatic heterocycles. The summed E-state index contributed by atoms with van der Waals surface area (Å²) in [5.41, 5.74) is 1.09. The normalized spacial score (nSPS) is 14.8. The highest BCUT2D eigenvalue weighted by molar-refractivity contribution is 7.17. The van der Waals surface area contributed by atoms with Gasteiger partial charge in [0.2, 0.25) is 5.91 Å². The van der Waals surface area contributed by atoms with E-state index in [1.54, 1.807) is 11.3 Å². The lowest BCUT2D eigenvalue weighted by atomic mass is 9.95. The van der Waals surface area contributed by atoms with Gasteiger partial charge in [-0.05, 0) is 54.5 Å². The number of piperidine rings is 1. The first kappa shape index (κ1) is 20.7. The molecular weight excluding hydrogens is 394 g/mol. The molecule has 0 unspecified atom stereocenters. The number of nitrogens with zero attached hydrogens (tertiary/aromatic N) is 2. The number of carbonyl (C=O) groups excluding carboxylic acids is 1. The highest BCUT2D eigenvalue weighted by Gasteiger charge is 2.26. The van der Waals surface area contributed by atoms with Gasteiger partial charge < -0.3 is 15.0 Å². The predicted molar refractivity (Wildman–Crippen MR) is 123 cm³/mol. The largest absolute Gasteiger partial charge is 0.494 e. The number of anilines is 1. The summed E-state index contributed by atoms with van der Waals surface area (Å²) in [4.78, 5) is 19.6. The van der Waals surface area contributed by atoms with Crippen LogP contribution in [0.2, 0.25) is 0 Å². The zero-order valence-corrected chi connectivity index (χ0v) is 18.3. The van der Waals surface area contributed by atoms with Gasteiger partial charge >= 0.3 is 0 Å². The van der Waals surface area contributed by atoms with Crippen LogP contribution in [-0.2, 0) is 11.3 Å². The predicted octanol–water partition coefficient (Wildman–Crippen LogP) is 5.01. The third kappa shape index (κ3) is 4.93. The molecule has 5 nitrogen and oxygen atoms in total. The number of rotatable bonds is 8. The summed E-state index contributed by atoms with van der Waals surface area (Å²) in [6.07, 6.45) is 5.79. The molecule has 1 amide bonds. The van der Waals surface area contributed by atoms with Crippen molar-refractivity contribution >= 4 is 33.1 Å². The average Bonchev–Trinajstić information content (AvgIpc) is 3.28. The van der Waals surface area contributed by atoms with Crippen LogP contribution < -0.4 is 15.0 Å². The molecule has 1 aromatic carbocycles. The number of amides is 1. The van der Waals surface area contributed by atoms with Gasteiger partial charge in [0, 0.05) is 41.8 Å². The molecule has 3 heterocycles. The molecule has 1 aliphatic rings. The lowest BCUT2D eigenvalue weighted by molar-refractivity contribution is -0.125. The summed E-state index contributed by atoms with van der Waals surface area (Å²) in [5.74, 6) is 2.16. The number of pyridine rings is 1. The summed E-state index contributed by atoms with van der Waals surface area (Å²) in [7, 11) is 0. The first-order valence-corrected chi connectivity index (χ1v) is 11.7. The molecule has 0 bridgehead atoms. The minimum atomic E-state index is 0.0691. The number of thiophene rings is 1. The molecule has 0 spiro atoms. The maximum atomic E-state index is 12.7. The molecule has 6 heteroatoms. The molecule has 158 valence electrons. The lowest BCUT2D eigenvalue weighted by Gasteiger charge is -2.32. The molecular formula is C24H29N3O2S. The van der Waals surface area contributed by atoms with Crippen molar-refractivity contribution in [3.63, 3.8) is 0 Å². The van der Waals surface area contributed by atoms with Gasteiger partial charge in [0.1, 0.15) is 11.6 Å². The third-order valence-corrected chi connectivity index (χ3v) is 6.56. The van der Waals surface area contributed by atoms with Crippen molar-refractivity contribution in [1.29, 1.82) is 0 Å². The smallest absolute Gasteiger partial charge is 0.223 e. The van der Waals surface area contributed by atoms with E-state index in [4.69, 9.17) is 4.74 Å². The zero-order chi connectivity index (χ0) is 20.8. The number of hydrogen-bond donors (Lipinski definition) is 1. The quantitative estimate of drug-likeness (QED) is 0.518. The van der Waals surface area contributed by atoms with Crippen LogP contribution in [-0.4, -0.2) is 30.6 Å². The van der Waals surface area contributed by atoms with Crippen molar-refractivity contribution in [1.82, 2.24) is 10.3 Å². The van der Waals surface area contributed by atoms with Crippen LogP contribution >= 0.6 is 11.3 Å². The Hall–Kier alpha value is -2.60. The number of benzene rings is 1. The van der Waals surface area contributed by atoms with Gasteiger partial charge in [0.05, 0.1) is 6.61 Å². The molecule has 1 N–H and O–H groups in total. The third-order valence-electron chi connectivity index (χ3n) is 5.68.